The van der Waals surface area contributed by atoms with E-state index in [1.807, 2.05) is 0 Å². The second-order valence-electron chi connectivity index (χ2n) is 4.32. The summed E-state index contributed by atoms with van der Waals surface area (Å²) in [6.45, 7) is 2.75. The van der Waals surface area contributed by atoms with Crippen molar-refractivity contribution in [3.63, 3.8) is 0 Å². The first kappa shape index (κ1) is 15.9. The topological polar surface area (TPSA) is 67.4 Å². The van der Waals surface area contributed by atoms with Crippen LogP contribution in [0.5, 0.6) is 0 Å². The summed E-state index contributed by atoms with van der Waals surface area (Å²) in [6.07, 6.45) is 2.07. The molecule has 1 aromatic rings. The molecule has 0 fully saturated rings. The van der Waals surface area contributed by atoms with E-state index in [4.69, 9.17) is 4.74 Å². The van der Waals surface area contributed by atoms with Gasteiger partial charge >= 0.3 is 0 Å². The summed E-state index contributed by atoms with van der Waals surface area (Å²) in [7, 11) is -0.293. The van der Waals surface area contributed by atoms with Gasteiger partial charge in [0, 0.05) is 18.8 Å². The predicted octanol–water partition coefficient (Wildman–Crippen LogP) is 1.82. The fraction of sp³-hybridized carbons (Fsp3) is 0.538. The largest absolute Gasteiger partial charge is 0.383 e. The highest BCUT2D eigenvalue weighted by atomic mass is 32.2. The molecule has 0 aliphatic rings. The summed E-state index contributed by atoms with van der Waals surface area (Å²) in [4.78, 5) is 0.263. The Kier molecular flexibility index (Phi) is 6.27. The van der Waals surface area contributed by atoms with Crippen LogP contribution < -0.4 is 10.0 Å². The Labute approximate surface area is 115 Å². The second kappa shape index (κ2) is 7.47. The normalized spacial score (nSPS) is 13.2. The molecule has 19 heavy (non-hydrogen) atoms. The Hall–Kier alpha value is -1.11. The minimum absolute atomic E-state index is 0.238. The van der Waals surface area contributed by atoms with Crippen LogP contribution in [-0.2, 0) is 14.8 Å². The summed E-state index contributed by atoms with van der Waals surface area (Å²) < 4.78 is 30.6. The van der Waals surface area contributed by atoms with Gasteiger partial charge in [0.15, 0.2) is 0 Å². The molecule has 0 amide bonds. The molecule has 0 saturated heterocycles. The van der Waals surface area contributed by atoms with E-state index in [-0.39, 0.29) is 10.9 Å². The lowest BCUT2D eigenvalue weighted by molar-refractivity contribution is 0.182. The zero-order valence-corrected chi connectivity index (χ0v) is 12.5. The second-order valence-corrected chi connectivity index (χ2v) is 6.20. The van der Waals surface area contributed by atoms with Crippen molar-refractivity contribution in [3.05, 3.63) is 24.3 Å². The SMILES string of the molecule is CCCC(COC)Nc1ccc(S(=O)(=O)NC)cc1. The highest BCUT2D eigenvalue weighted by molar-refractivity contribution is 7.89. The number of hydrogen-bond acceptors (Lipinski definition) is 4. The van der Waals surface area contributed by atoms with Gasteiger partial charge in [-0.15, -0.1) is 0 Å². The number of rotatable bonds is 8. The molecule has 1 atom stereocenters. The van der Waals surface area contributed by atoms with Gasteiger partial charge in [-0.2, -0.15) is 0 Å². The molecular weight excluding hydrogens is 264 g/mol. The Bertz CT molecular complexity index is 465. The third-order valence-electron chi connectivity index (χ3n) is 2.81. The summed E-state index contributed by atoms with van der Waals surface area (Å²) in [5, 5.41) is 3.34. The lowest BCUT2D eigenvalue weighted by atomic mass is 10.1. The van der Waals surface area contributed by atoms with Gasteiger partial charge < -0.3 is 10.1 Å². The quantitative estimate of drug-likeness (QED) is 0.765. The molecule has 2 N–H and O–H groups in total. The van der Waals surface area contributed by atoms with E-state index in [1.165, 1.54) is 7.05 Å². The van der Waals surface area contributed by atoms with Crippen molar-refractivity contribution in [2.45, 2.75) is 30.7 Å². The van der Waals surface area contributed by atoms with E-state index in [9.17, 15) is 8.42 Å². The maximum atomic E-state index is 11.6. The van der Waals surface area contributed by atoms with Crippen LogP contribution in [-0.4, -0.2) is 35.2 Å². The Morgan fingerprint density at radius 2 is 1.89 bits per heavy atom. The molecule has 0 spiro atoms. The van der Waals surface area contributed by atoms with E-state index in [0.29, 0.717) is 6.61 Å². The summed E-state index contributed by atoms with van der Waals surface area (Å²) in [5.41, 5.74) is 0.894. The van der Waals surface area contributed by atoms with E-state index in [2.05, 4.69) is 17.0 Å². The van der Waals surface area contributed by atoms with Crippen LogP contribution in [0.3, 0.4) is 0 Å². The van der Waals surface area contributed by atoms with Gasteiger partial charge in [-0.3, -0.25) is 0 Å². The van der Waals surface area contributed by atoms with Crippen molar-refractivity contribution in [1.82, 2.24) is 4.72 Å². The van der Waals surface area contributed by atoms with E-state index in [0.717, 1.165) is 18.5 Å². The zero-order chi connectivity index (χ0) is 14.3. The Morgan fingerprint density at radius 3 is 2.37 bits per heavy atom. The molecule has 1 aromatic carbocycles. The maximum Gasteiger partial charge on any atom is 0.240 e. The number of methoxy groups -OCH3 is 1. The molecule has 0 heterocycles. The molecule has 5 nitrogen and oxygen atoms in total. The molecule has 0 bridgehead atoms. The van der Waals surface area contributed by atoms with Crippen LogP contribution in [0, 0.1) is 0 Å². The van der Waals surface area contributed by atoms with Crippen molar-refractivity contribution in [1.29, 1.82) is 0 Å². The third kappa shape index (κ3) is 4.81. The van der Waals surface area contributed by atoms with Crippen molar-refractivity contribution >= 4 is 15.7 Å². The van der Waals surface area contributed by atoms with Gasteiger partial charge in [0.25, 0.3) is 0 Å². The van der Waals surface area contributed by atoms with Crippen LogP contribution in [0.1, 0.15) is 19.8 Å². The predicted molar refractivity (Wildman–Crippen MR) is 76.9 cm³/mol. The van der Waals surface area contributed by atoms with Gasteiger partial charge in [0.2, 0.25) is 10.0 Å². The van der Waals surface area contributed by atoms with E-state index < -0.39 is 10.0 Å². The number of hydrogen-bond donors (Lipinski definition) is 2. The van der Waals surface area contributed by atoms with E-state index >= 15 is 0 Å². The van der Waals surface area contributed by atoms with Gasteiger partial charge in [-0.05, 0) is 37.7 Å². The number of sulfonamides is 1. The Morgan fingerprint density at radius 1 is 1.26 bits per heavy atom. The van der Waals surface area contributed by atoms with Crippen LogP contribution in [0.25, 0.3) is 0 Å². The summed E-state index contributed by atoms with van der Waals surface area (Å²) >= 11 is 0. The molecule has 0 aliphatic heterocycles. The van der Waals surface area contributed by atoms with Crippen LogP contribution >= 0.6 is 0 Å². The average molecular weight is 286 g/mol. The monoisotopic (exact) mass is 286 g/mol. The number of anilines is 1. The smallest absolute Gasteiger partial charge is 0.240 e. The first-order valence-corrected chi connectivity index (χ1v) is 7.81. The van der Waals surface area contributed by atoms with Crippen molar-refractivity contribution in [3.8, 4) is 0 Å². The van der Waals surface area contributed by atoms with Gasteiger partial charge in [-0.25, -0.2) is 13.1 Å². The van der Waals surface area contributed by atoms with Gasteiger partial charge in [0.1, 0.15) is 0 Å². The molecule has 0 radical (unpaired) electrons. The maximum absolute atomic E-state index is 11.6. The standard InChI is InChI=1S/C13H22N2O3S/c1-4-5-12(10-18-3)15-11-6-8-13(9-7-11)19(16,17)14-2/h6-9,12,14-15H,4-5,10H2,1-3H3. The fourth-order valence-electron chi connectivity index (χ4n) is 1.83. The highest BCUT2D eigenvalue weighted by Gasteiger charge is 2.11. The first-order chi connectivity index (χ1) is 9.03. The molecule has 1 rings (SSSR count). The summed E-state index contributed by atoms with van der Waals surface area (Å²) in [6, 6.07) is 6.95. The molecule has 0 aromatic heterocycles. The van der Waals surface area contributed by atoms with Gasteiger partial charge in [0.05, 0.1) is 11.5 Å². The fourth-order valence-corrected chi connectivity index (χ4v) is 2.56. The lowest BCUT2D eigenvalue weighted by Gasteiger charge is -2.18. The van der Waals surface area contributed by atoms with Crippen molar-refractivity contribution in [2.24, 2.45) is 0 Å². The Balaban J connectivity index is 2.76. The van der Waals surface area contributed by atoms with Crippen LogP contribution in [0.15, 0.2) is 29.2 Å². The van der Waals surface area contributed by atoms with Crippen molar-refractivity contribution < 1.29 is 13.2 Å². The lowest BCUT2D eigenvalue weighted by Crippen LogP contribution is -2.24. The average Bonchev–Trinajstić information content (AvgIpc) is 2.40. The highest BCUT2D eigenvalue weighted by Crippen LogP contribution is 2.15. The number of nitrogens with one attached hydrogen (secondary N) is 2. The zero-order valence-electron chi connectivity index (χ0n) is 11.6. The number of ether oxygens (including phenoxy) is 1. The number of benzene rings is 1. The summed E-state index contributed by atoms with van der Waals surface area (Å²) in [5.74, 6) is 0. The van der Waals surface area contributed by atoms with Crippen molar-refractivity contribution in [2.75, 3.05) is 26.1 Å². The molecule has 1 unspecified atom stereocenters. The van der Waals surface area contributed by atoms with E-state index in [1.54, 1.807) is 31.4 Å². The minimum Gasteiger partial charge on any atom is -0.383 e. The molecule has 0 aliphatic carbocycles. The molecule has 0 saturated carbocycles. The molecule has 6 heteroatoms. The molecule has 108 valence electrons. The third-order valence-corrected chi connectivity index (χ3v) is 4.24. The van der Waals surface area contributed by atoms with Crippen LogP contribution in [0.4, 0.5) is 5.69 Å². The van der Waals surface area contributed by atoms with Crippen LogP contribution in [0.2, 0.25) is 0 Å². The van der Waals surface area contributed by atoms with Gasteiger partial charge in [-0.1, -0.05) is 13.3 Å². The minimum atomic E-state index is -3.37. The first-order valence-electron chi connectivity index (χ1n) is 6.32. The molecular formula is C13H22N2O3S.